The van der Waals surface area contributed by atoms with Crippen LogP contribution in [-0.2, 0) is 6.54 Å². The van der Waals surface area contributed by atoms with E-state index in [0.29, 0.717) is 23.5 Å². The van der Waals surface area contributed by atoms with Crippen LogP contribution in [0.5, 0.6) is 11.5 Å². The lowest BCUT2D eigenvalue weighted by Gasteiger charge is -2.11. The van der Waals surface area contributed by atoms with Crippen molar-refractivity contribution in [2.45, 2.75) is 19.8 Å². The molecule has 186 valence electrons. The third-order valence-electron chi connectivity index (χ3n) is 5.17. The number of nitrogens with one attached hydrogen (secondary N) is 2. The predicted molar refractivity (Wildman–Crippen MR) is 127 cm³/mol. The van der Waals surface area contributed by atoms with Crippen LogP contribution >= 0.6 is 0 Å². The molecule has 2 N–H and O–H groups in total. The standard InChI is InChI=1S/C25H22F3N5O3/c1-16-7-3-5-9-20(16)22(34)30-24-31-23(29-15-17-8-4-6-10-21(17)35-2)32-33(24)18-11-13-19(14-12-18)36-25(26,27)28/h3-14H,15H2,1-2H3,(H2,29,30,31,32,34). The van der Waals surface area contributed by atoms with E-state index in [9.17, 15) is 18.0 Å². The first-order valence-electron chi connectivity index (χ1n) is 10.8. The molecule has 0 aliphatic carbocycles. The molecule has 0 radical (unpaired) electrons. The number of carbonyl (C=O) groups is 1. The maximum Gasteiger partial charge on any atom is 0.573 e. The predicted octanol–water partition coefficient (Wildman–Crippen LogP) is 5.35. The van der Waals surface area contributed by atoms with Gasteiger partial charge in [-0.25, -0.2) is 0 Å². The molecule has 0 saturated heterocycles. The van der Waals surface area contributed by atoms with Crippen molar-refractivity contribution in [3.63, 3.8) is 0 Å². The van der Waals surface area contributed by atoms with Crippen LogP contribution in [0.3, 0.4) is 0 Å². The topological polar surface area (TPSA) is 90.3 Å². The molecule has 0 fully saturated rings. The molecule has 0 bridgehead atoms. The van der Waals surface area contributed by atoms with Gasteiger partial charge in [0, 0.05) is 17.7 Å². The summed E-state index contributed by atoms with van der Waals surface area (Å²) in [6, 6.07) is 19.5. The molecule has 4 aromatic rings. The Morgan fingerprint density at radius 1 is 1.00 bits per heavy atom. The molecule has 36 heavy (non-hydrogen) atoms. The number of benzene rings is 3. The molecule has 3 aromatic carbocycles. The van der Waals surface area contributed by atoms with Gasteiger partial charge in [0.25, 0.3) is 5.91 Å². The van der Waals surface area contributed by atoms with E-state index in [-0.39, 0.29) is 17.6 Å². The van der Waals surface area contributed by atoms with E-state index in [0.717, 1.165) is 23.3 Å². The Morgan fingerprint density at radius 2 is 1.69 bits per heavy atom. The van der Waals surface area contributed by atoms with Crippen molar-refractivity contribution in [3.05, 3.63) is 89.5 Å². The number of halogens is 3. The average Bonchev–Trinajstić information content (AvgIpc) is 3.25. The van der Waals surface area contributed by atoms with Gasteiger partial charge in [-0.1, -0.05) is 36.4 Å². The van der Waals surface area contributed by atoms with Crippen LogP contribution in [0.15, 0.2) is 72.8 Å². The molecular weight excluding hydrogens is 475 g/mol. The van der Waals surface area contributed by atoms with Gasteiger partial charge in [-0.15, -0.1) is 18.3 Å². The number of rotatable bonds is 8. The third kappa shape index (κ3) is 5.93. The maximum absolute atomic E-state index is 12.9. The first-order chi connectivity index (χ1) is 17.2. The fourth-order valence-corrected chi connectivity index (χ4v) is 3.46. The van der Waals surface area contributed by atoms with Gasteiger partial charge in [0.1, 0.15) is 11.5 Å². The van der Waals surface area contributed by atoms with E-state index in [1.807, 2.05) is 30.3 Å². The summed E-state index contributed by atoms with van der Waals surface area (Å²) in [5, 5.41) is 10.2. The molecule has 4 rings (SSSR count). The Labute approximate surface area is 204 Å². The zero-order valence-corrected chi connectivity index (χ0v) is 19.3. The summed E-state index contributed by atoms with van der Waals surface area (Å²) < 4.78 is 48.2. The lowest BCUT2D eigenvalue weighted by Crippen LogP contribution is -2.17. The summed E-state index contributed by atoms with van der Waals surface area (Å²) in [6.45, 7) is 2.14. The summed E-state index contributed by atoms with van der Waals surface area (Å²) in [5.74, 6) is 0.158. The number of carbonyl (C=O) groups excluding carboxylic acids is 1. The van der Waals surface area contributed by atoms with Gasteiger partial charge >= 0.3 is 6.36 Å². The number of nitrogens with zero attached hydrogens (tertiary/aromatic N) is 3. The van der Waals surface area contributed by atoms with Gasteiger partial charge < -0.3 is 14.8 Å². The summed E-state index contributed by atoms with van der Waals surface area (Å²) in [7, 11) is 1.57. The quantitative estimate of drug-likeness (QED) is 0.341. The fraction of sp³-hybridized carbons (Fsp3) is 0.160. The van der Waals surface area contributed by atoms with Gasteiger partial charge in [0.2, 0.25) is 11.9 Å². The lowest BCUT2D eigenvalue weighted by atomic mass is 10.1. The number of anilines is 2. The zero-order valence-electron chi connectivity index (χ0n) is 19.3. The van der Waals surface area contributed by atoms with Gasteiger partial charge in [-0.2, -0.15) is 9.67 Å². The highest BCUT2D eigenvalue weighted by Gasteiger charge is 2.31. The van der Waals surface area contributed by atoms with Crippen LogP contribution in [0.2, 0.25) is 0 Å². The average molecular weight is 497 g/mol. The number of hydrogen-bond acceptors (Lipinski definition) is 6. The second-order valence-corrected chi connectivity index (χ2v) is 7.65. The molecule has 0 spiro atoms. The van der Waals surface area contributed by atoms with Crippen LogP contribution in [0, 0.1) is 6.92 Å². The number of alkyl halides is 3. The number of aryl methyl sites for hydroxylation is 1. The Hall–Kier alpha value is -4.54. The van der Waals surface area contributed by atoms with Crippen molar-refractivity contribution >= 4 is 17.8 Å². The van der Waals surface area contributed by atoms with Gasteiger partial charge in [-0.05, 0) is 48.9 Å². The minimum Gasteiger partial charge on any atom is -0.496 e. The molecule has 0 saturated carbocycles. The van der Waals surface area contributed by atoms with E-state index in [4.69, 9.17) is 4.74 Å². The van der Waals surface area contributed by atoms with Crippen LogP contribution < -0.4 is 20.1 Å². The van der Waals surface area contributed by atoms with Crippen LogP contribution in [0.4, 0.5) is 25.1 Å². The molecule has 0 atom stereocenters. The third-order valence-corrected chi connectivity index (χ3v) is 5.17. The largest absolute Gasteiger partial charge is 0.573 e. The molecule has 0 aliphatic heterocycles. The molecular formula is C25H22F3N5O3. The molecule has 1 amide bonds. The number of para-hydroxylation sites is 1. The van der Waals surface area contributed by atoms with Crippen LogP contribution in [-0.4, -0.2) is 34.1 Å². The molecule has 11 heteroatoms. The van der Waals surface area contributed by atoms with E-state index < -0.39 is 12.3 Å². The second-order valence-electron chi connectivity index (χ2n) is 7.65. The summed E-state index contributed by atoms with van der Waals surface area (Å²) in [6.07, 6.45) is -4.81. The minimum atomic E-state index is -4.81. The maximum atomic E-state index is 12.9. The molecule has 8 nitrogen and oxygen atoms in total. The van der Waals surface area contributed by atoms with Crippen LogP contribution in [0.25, 0.3) is 5.69 Å². The second kappa shape index (κ2) is 10.4. The lowest BCUT2D eigenvalue weighted by molar-refractivity contribution is -0.274. The monoisotopic (exact) mass is 497 g/mol. The van der Waals surface area contributed by atoms with E-state index >= 15 is 0 Å². The molecule has 1 aromatic heterocycles. The highest BCUT2D eigenvalue weighted by atomic mass is 19.4. The van der Waals surface area contributed by atoms with E-state index in [2.05, 4.69) is 25.5 Å². The molecule has 0 aliphatic rings. The molecule has 0 unspecified atom stereocenters. The summed E-state index contributed by atoms with van der Waals surface area (Å²) >= 11 is 0. The highest BCUT2D eigenvalue weighted by Crippen LogP contribution is 2.25. The van der Waals surface area contributed by atoms with Crippen molar-refractivity contribution in [3.8, 4) is 17.2 Å². The van der Waals surface area contributed by atoms with E-state index in [1.165, 1.54) is 16.8 Å². The van der Waals surface area contributed by atoms with Crippen LogP contribution in [0.1, 0.15) is 21.5 Å². The smallest absolute Gasteiger partial charge is 0.496 e. The van der Waals surface area contributed by atoms with Crippen molar-refractivity contribution < 1.29 is 27.4 Å². The summed E-state index contributed by atoms with van der Waals surface area (Å²) in [5.41, 5.74) is 2.44. The normalized spacial score (nSPS) is 11.1. The number of aromatic nitrogens is 3. The van der Waals surface area contributed by atoms with Crippen molar-refractivity contribution in [2.24, 2.45) is 0 Å². The van der Waals surface area contributed by atoms with Gasteiger partial charge in [0.15, 0.2) is 0 Å². The first-order valence-corrected chi connectivity index (χ1v) is 10.8. The number of ether oxygens (including phenoxy) is 2. The number of hydrogen-bond donors (Lipinski definition) is 2. The Morgan fingerprint density at radius 3 is 2.39 bits per heavy atom. The highest BCUT2D eigenvalue weighted by molar-refractivity contribution is 6.04. The molecule has 1 heterocycles. The Kier molecular flexibility index (Phi) is 7.09. The van der Waals surface area contributed by atoms with Gasteiger partial charge in [-0.3, -0.25) is 10.1 Å². The zero-order chi connectivity index (χ0) is 25.7. The van der Waals surface area contributed by atoms with Crippen molar-refractivity contribution in [2.75, 3.05) is 17.7 Å². The van der Waals surface area contributed by atoms with Crippen molar-refractivity contribution in [1.29, 1.82) is 0 Å². The Balaban J connectivity index is 1.63. The first kappa shape index (κ1) is 24.6. The number of methoxy groups -OCH3 is 1. The van der Waals surface area contributed by atoms with Gasteiger partial charge in [0.05, 0.1) is 12.8 Å². The van der Waals surface area contributed by atoms with Crippen molar-refractivity contribution in [1.82, 2.24) is 14.8 Å². The number of amides is 1. The minimum absolute atomic E-state index is 0.0790. The SMILES string of the molecule is COc1ccccc1CNc1nc(NC(=O)c2ccccc2C)n(-c2ccc(OC(F)(F)F)cc2)n1. The van der Waals surface area contributed by atoms with E-state index in [1.54, 1.807) is 32.2 Å². The summed E-state index contributed by atoms with van der Waals surface area (Å²) in [4.78, 5) is 17.3. The fourth-order valence-electron chi connectivity index (χ4n) is 3.46. The Bertz CT molecular complexity index is 1350.